The number of carbonyl (C=O) groups is 1. The molecule has 0 saturated carbocycles. The fourth-order valence-corrected chi connectivity index (χ4v) is 4.40. The van der Waals surface area contributed by atoms with Crippen LogP contribution < -0.4 is 4.74 Å². The molecule has 3 rings (SSSR count). The summed E-state index contributed by atoms with van der Waals surface area (Å²) in [4.78, 5) is 11.7. The van der Waals surface area contributed by atoms with Gasteiger partial charge in [-0.1, -0.05) is 24.3 Å². The van der Waals surface area contributed by atoms with E-state index < -0.39 is 21.8 Å². The summed E-state index contributed by atoms with van der Waals surface area (Å²) in [5.74, 6) is -0.285. The van der Waals surface area contributed by atoms with E-state index in [4.69, 9.17) is 4.74 Å². The molecule has 6 nitrogen and oxygen atoms in total. The minimum Gasteiger partial charge on any atom is -0.497 e. The van der Waals surface area contributed by atoms with Crippen LogP contribution in [-0.2, 0) is 27.8 Å². The Morgan fingerprint density at radius 1 is 0.839 bits per heavy atom. The Kier molecular flexibility index (Phi) is 7.04. The molecule has 0 aromatic heterocycles. The molecule has 0 saturated heterocycles. The zero-order chi connectivity index (χ0) is 22.4. The number of nitrogens with zero attached hydrogens (tertiary/aromatic N) is 1. The van der Waals surface area contributed by atoms with Crippen LogP contribution in [0.4, 0.5) is 4.39 Å². The Bertz CT molecular complexity index is 1130. The van der Waals surface area contributed by atoms with Crippen LogP contribution in [0, 0.1) is 5.82 Å². The predicted molar refractivity (Wildman–Crippen MR) is 114 cm³/mol. The lowest BCUT2D eigenvalue weighted by molar-refractivity contribution is 0.0600. The van der Waals surface area contributed by atoms with Crippen molar-refractivity contribution >= 4 is 16.0 Å². The molecule has 0 bridgehead atoms. The first kappa shape index (κ1) is 22.5. The van der Waals surface area contributed by atoms with Gasteiger partial charge in [0.05, 0.1) is 24.7 Å². The fraction of sp³-hybridized carbons (Fsp3) is 0.174. The van der Waals surface area contributed by atoms with Gasteiger partial charge in [0.2, 0.25) is 10.0 Å². The van der Waals surface area contributed by atoms with Crippen molar-refractivity contribution < 1.29 is 27.1 Å². The van der Waals surface area contributed by atoms with Gasteiger partial charge < -0.3 is 9.47 Å². The summed E-state index contributed by atoms with van der Waals surface area (Å²) >= 11 is 0. The molecule has 3 aromatic rings. The Hall–Kier alpha value is -3.23. The Balaban J connectivity index is 1.94. The number of ether oxygens (including phenoxy) is 2. The third-order valence-corrected chi connectivity index (χ3v) is 6.51. The second-order valence-electron chi connectivity index (χ2n) is 6.76. The normalized spacial score (nSPS) is 11.4. The molecule has 0 aliphatic rings. The highest BCUT2D eigenvalue weighted by Gasteiger charge is 2.25. The molecular formula is C23H22FNO5S. The van der Waals surface area contributed by atoms with Crippen LogP contribution in [-0.4, -0.2) is 32.9 Å². The smallest absolute Gasteiger partial charge is 0.337 e. The third kappa shape index (κ3) is 5.48. The molecule has 0 spiro atoms. The first-order valence-corrected chi connectivity index (χ1v) is 10.8. The van der Waals surface area contributed by atoms with E-state index in [2.05, 4.69) is 4.74 Å². The number of hydrogen-bond donors (Lipinski definition) is 0. The average Bonchev–Trinajstić information content (AvgIpc) is 2.80. The number of halogens is 1. The molecule has 0 aliphatic heterocycles. The number of methoxy groups -OCH3 is 2. The Morgan fingerprint density at radius 2 is 1.35 bits per heavy atom. The molecule has 0 unspecified atom stereocenters. The first-order chi connectivity index (χ1) is 14.8. The number of carbonyl (C=O) groups excluding carboxylic acids is 1. The lowest BCUT2D eigenvalue weighted by Crippen LogP contribution is -2.30. The van der Waals surface area contributed by atoms with Crippen molar-refractivity contribution in [2.45, 2.75) is 18.0 Å². The summed E-state index contributed by atoms with van der Waals surface area (Å²) in [6.07, 6.45) is 0. The van der Waals surface area contributed by atoms with E-state index in [9.17, 15) is 17.6 Å². The van der Waals surface area contributed by atoms with Gasteiger partial charge in [-0.2, -0.15) is 4.31 Å². The van der Waals surface area contributed by atoms with Crippen molar-refractivity contribution in [3.05, 3.63) is 95.3 Å². The zero-order valence-electron chi connectivity index (χ0n) is 17.1. The van der Waals surface area contributed by atoms with Crippen LogP contribution in [0.3, 0.4) is 0 Å². The molecule has 0 heterocycles. The molecular weight excluding hydrogens is 421 g/mol. The average molecular weight is 443 g/mol. The zero-order valence-corrected chi connectivity index (χ0v) is 17.9. The summed E-state index contributed by atoms with van der Waals surface area (Å²) < 4.78 is 51.2. The second kappa shape index (κ2) is 9.72. The molecule has 0 N–H and O–H groups in total. The number of hydrogen-bond acceptors (Lipinski definition) is 5. The highest BCUT2D eigenvalue weighted by molar-refractivity contribution is 7.89. The van der Waals surface area contributed by atoms with E-state index in [-0.39, 0.29) is 23.5 Å². The van der Waals surface area contributed by atoms with E-state index in [1.165, 1.54) is 47.8 Å². The maximum absolute atomic E-state index is 13.4. The monoisotopic (exact) mass is 443 g/mol. The maximum atomic E-state index is 13.4. The van der Waals surface area contributed by atoms with Crippen molar-refractivity contribution in [2.75, 3.05) is 14.2 Å². The third-order valence-electron chi connectivity index (χ3n) is 4.70. The molecule has 0 amide bonds. The molecule has 8 heteroatoms. The van der Waals surface area contributed by atoms with Gasteiger partial charge in [-0.15, -0.1) is 0 Å². The highest BCUT2D eigenvalue weighted by Crippen LogP contribution is 2.23. The van der Waals surface area contributed by atoms with Crippen LogP contribution in [0.2, 0.25) is 0 Å². The van der Waals surface area contributed by atoms with Crippen molar-refractivity contribution in [2.24, 2.45) is 0 Å². The van der Waals surface area contributed by atoms with Gasteiger partial charge in [0.1, 0.15) is 11.6 Å². The van der Waals surface area contributed by atoms with Gasteiger partial charge in [-0.25, -0.2) is 17.6 Å². The molecule has 0 aliphatic carbocycles. The predicted octanol–water partition coefficient (Wildman–Crippen LogP) is 4.01. The van der Waals surface area contributed by atoms with Crippen LogP contribution >= 0.6 is 0 Å². The topological polar surface area (TPSA) is 72.9 Å². The van der Waals surface area contributed by atoms with E-state index in [0.29, 0.717) is 11.3 Å². The van der Waals surface area contributed by atoms with Crippen LogP contribution in [0.1, 0.15) is 21.5 Å². The molecule has 162 valence electrons. The summed E-state index contributed by atoms with van der Waals surface area (Å²) in [7, 11) is -1.11. The highest BCUT2D eigenvalue weighted by atomic mass is 32.2. The largest absolute Gasteiger partial charge is 0.497 e. The Morgan fingerprint density at radius 3 is 1.84 bits per heavy atom. The van der Waals surface area contributed by atoms with Gasteiger partial charge in [0.15, 0.2) is 0 Å². The van der Waals surface area contributed by atoms with Crippen molar-refractivity contribution in [3.8, 4) is 5.75 Å². The minimum absolute atomic E-state index is 0.0378. The van der Waals surface area contributed by atoms with Crippen LogP contribution in [0.25, 0.3) is 0 Å². The Labute approximate surface area is 180 Å². The molecule has 0 radical (unpaired) electrons. The summed E-state index contributed by atoms with van der Waals surface area (Å²) in [5, 5.41) is 0. The quantitative estimate of drug-likeness (QED) is 0.492. The van der Waals surface area contributed by atoms with E-state index >= 15 is 0 Å². The van der Waals surface area contributed by atoms with Gasteiger partial charge >= 0.3 is 5.97 Å². The van der Waals surface area contributed by atoms with Gasteiger partial charge in [-0.3, -0.25) is 0 Å². The summed E-state index contributed by atoms with van der Waals surface area (Å²) in [5.41, 5.74) is 1.66. The molecule has 31 heavy (non-hydrogen) atoms. The molecule has 0 fully saturated rings. The summed E-state index contributed by atoms with van der Waals surface area (Å²) in [6.45, 7) is 0.149. The SMILES string of the molecule is COC(=O)c1ccc(S(=O)(=O)N(Cc2ccc(F)cc2)Cc2ccc(OC)cc2)cc1. The number of esters is 1. The van der Waals surface area contributed by atoms with Crippen molar-refractivity contribution in [1.29, 1.82) is 0 Å². The second-order valence-corrected chi connectivity index (χ2v) is 8.70. The van der Waals surface area contributed by atoms with Crippen molar-refractivity contribution in [3.63, 3.8) is 0 Å². The van der Waals surface area contributed by atoms with Crippen LogP contribution in [0.5, 0.6) is 5.75 Å². The lowest BCUT2D eigenvalue weighted by atomic mass is 10.2. The fourth-order valence-electron chi connectivity index (χ4n) is 2.98. The number of benzene rings is 3. The molecule has 0 atom stereocenters. The van der Waals surface area contributed by atoms with Gasteiger partial charge in [0.25, 0.3) is 0 Å². The summed E-state index contributed by atoms with van der Waals surface area (Å²) in [6, 6.07) is 18.3. The van der Waals surface area contributed by atoms with E-state index in [1.807, 2.05) is 0 Å². The van der Waals surface area contributed by atoms with Gasteiger partial charge in [0, 0.05) is 13.1 Å². The first-order valence-electron chi connectivity index (χ1n) is 9.39. The lowest BCUT2D eigenvalue weighted by Gasteiger charge is -2.23. The van der Waals surface area contributed by atoms with E-state index in [1.54, 1.807) is 43.5 Å². The minimum atomic E-state index is -3.92. The number of sulfonamides is 1. The molecule has 3 aromatic carbocycles. The van der Waals surface area contributed by atoms with Crippen molar-refractivity contribution in [1.82, 2.24) is 4.31 Å². The van der Waals surface area contributed by atoms with Gasteiger partial charge in [-0.05, 0) is 59.7 Å². The maximum Gasteiger partial charge on any atom is 0.337 e. The van der Waals surface area contributed by atoms with Crippen LogP contribution in [0.15, 0.2) is 77.7 Å². The van der Waals surface area contributed by atoms with E-state index in [0.717, 1.165) is 5.56 Å². The standard InChI is InChI=1S/C23H22FNO5S/c1-29-21-11-5-18(6-12-21)16-25(15-17-3-9-20(24)10-4-17)31(27,28)22-13-7-19(8-14-22)23(26)30-2/h3-14H,15-16H2,1-2H3. The number of rotatable bonds is 8.